The van der Waals surface area contributed by atoms with Crippen LogP contribution in [0.3, 0.4) is 0 Å². The average Bonchev–Trinajstić information content (AvgIpc) is 2.78. The Bertz CT molecular complexity index is 496. The number of rotatable bonds is 5. The molecule has 5 nitrogen and oxygen atoms in total. The van der Waals surface area contributed by atoms with E-state index < -0.39 is 0 Å². The first-order valence-electron chi connectivity index (χ1n) is 5.99. The number of halogens is 1. The predicted octanol–water partition coefficient (Wildman–Crippen LogP) is 2.05. The van der Waals surface area contributed by atoms with E-state index in [1.165, 1.54) is 0 Å². The maximum Gasteiger partial charge on any atom is 0.0837 e. The number of hydrogen-bond donors (Lipinski definition) is 1. The van der Waals surface area contributed by atoms with Crippen LogP contribution in [0.1, 0.15) is 31.1 Å². The SMILES string of the molecule is CCNC(c1ccnnc1)c1c(Cl)cnn1CC. The maximum absolute atomic E-state index is 6.24. The summed E-state index contributed by atoms with van der Waals surface area (Å²) in [5, 5.41) is 16.1. The van der Waals surface area contributed by atoms with Crippen LogP contribution in [0.5, 0.6) is 0 Å². The minimum Gasteiger partial charge on any atom is -0.305 e. The Hall–Kier alpha value is -1.46. The number of aryl methyl sites for hydroxylation is 1. The van der Waals surface area contributed by atoms with Gasteiger partial charge in [-0.05, 0) is 25.1 Å². The topological polar surface area (TPSA) is 55.6 Å². The van der Waals surface area contributed by atoms with E-state index in [-0.39, 0.29) is 6.04 Å². The molecule has 1 atom stereocenters. The number of nitrogens with zero attached hydrogens (tertiary/aromatic N) is 4. The number of aromatic nitrogens is 4. The largest absolute Gasteiger partial charge is 0.305 e. The van der Waals surface area contributed by atoms with Crippen LogP contribution in [0.4, 0.5) is 0 Å². The Kier molecular flexibility index (Phi) is 4.28. The lowest BCUT2D eigenvalue weighted by Crippen LogP contribution is -2.25. The third kappa shape index (κ3) is 2.52. The normalized spacial score (nSPS) is 12.6. The van der Waals surface area contributed by atoms with Crippen molar-refractivity contribution in [2.24, 2.45) is 0 Å². The smallest absolute Gasteiger partial charge is 0.0837 e. The highest BCUT2D eigenvalue weighted by Crippen LogP contribution is 2.27. The van der Waals surface area contributed by atoms with Crippen molar-refractivity contribution in [3.05, 3.63) is 40.9 Å². The van der Waals surface area contributed by atoms with Crippen LogP contribution in [0.25, 0.3) is 0 Å². The van der Waals surface area contributed by atoms with Crippen LogP contribution in [-0.2, 0) is 6.54 Å². The second-order valence-electron chi connectivity index (χ2n) is 3.86. The molecule has 0 aliphatic heterocycles. The molecule has 0 aliphatic rings. The van der Waals surface area contributed by atoms with Crippen molar-refractivity contribution < 1.29 is 0 Å². The Balaban J connectivity index is 2.44. The second kappa shape index (κ2) is 5.93. The Morgan fingerprint density at radius 3 is 2.78 bits per heavy atom. The van der Waals surface area contributed by atoms with Crippen LogP contribution >= 0.6 is 11.6 Å². The molecule has 1 unspecified atom stereocenters. The van der Waals surface area contributed by atoms with Crippen LogP contribution in [0, 0.1) is 0 Å². The quantitative estimate of drug-likeness (QED) is 0.899. The van der Waals surface area contributed by atoms with Crippen molar-refractivity contribution >= 4 is 11.6 Å². The van der Waals surface area contributed by atoms with Crippen molar-refractivity contribution in [3.8, 4) is 0 Å². The van der Waals surface area contributed by atoms with E-state index in [9.17, 15) is 0 Å². The molecule has 0 aliphatic carbocycles. The second-order valence-corrected chi connectivity index (χ2v) is 4.27. The van der Waals surface area contributed by atoms with Gasteiger partial charge >= 0.3 is 0 Å². The van der Waals surface area contributed by atoms with Gasteiger partial charge in [0.1, 0.15) is 0 Å². The Morgan fingerprint density at radius 2 is 2.17 bits per heavy atom. The fraction of sp³-hybridized carbons (Fsp3) is 0.417. The molecule has 18 heavy (non-hydrogen) atoms. The fourth-order valence-electron chi connectivity index (χ4n) is 1.96. The first-order chi connectivity index (χ1) is 8.77. The molecule has 0 fully saturated rings. The van der Waals surface area contributed by atoms with Gasteiger partial charge in [-0.15, -0.1) is 0 Å². The van der Waals surface area contributed by atoms with Crippen LogP contribution in [0.2, 0.25) is 5.02 Å². The summed E-state index contributed by atoms with van der Waals surface area (Å²) in [4.78, 5) is 0. The molecule has 0 aromatic carbocycles. The molecular weight excluding hydrogens is 250 g/mol. The van der Waals surface area contributed by atoms with Gasteiger partial charge in [-0.3, -0.25) is 4.68 Å². The van der Waals surface area contributed by atoms with Gasteiger partial charge in [-0.25, -0.2) is 0 Å². The monoisotopic (exact) mass is 265 g/mol. The third-order valence-electron chi connectivity index (χ3n) is 2.75. The molecule has 1 N–H and O–H groups in total. The minimum absolute atomic E-state index is 0.0135. The first kappa shape index (κ1) is 13.0. The molecule has 2 heterocycles. The number of nitrogens with one attached hydrogen (secondary N) is 1. The van der Waals surface area contributed by atoms with E-state index in [0.29, 0.717) is 5.02 Å². The zero-order valence-electron chi connectivity index (χ0n) is 10.5. The van der Waals surface area contributed by atoms with Gasteiger partial charge in [-0.2, -0.15) is 15.3 Å². The third-order valence-corrected chi connectivity index (χ3v) is 3.05. The summed E-state index contributed by atoms with van der Waals surface area (Å²) >= 11 is 6.24. The lowest BCUT2D eigenvalue weighted by molar-refractivity contribution is 0.541. The van der Waals surface area contributed by atoms with Gasteiger partial charge in [0.25, 0.3) is 0 Å². The molecule has 2 aromatic heterocycles. The molecular formula is C12H16ClN5. The molecule has 0 amide bonds. The van der Waals surface area contributed by atoms with Crippen molar-refractivity contribution in [1.82, 2.24) is 25.3 Å². The van der Waals surface area contributed by atoms with Crippen molar-refractivity contribution in [3.63, 3.8) is 0 Å². The van der Waals surface area contributed by atoms with Crippen molar-refractivity contribution in [1.29, 1.82) is 0 Å². The van der Waals surface area contributed by atoms with Gasteiger partial charge in [0, 0.05) is 12.7 Å². The van der Waals surface area contributed by atoms with Crippen LogP contribution in [0.15, 0.2) is 24.7 Å². The van der Waals surface area contributed by atoms with E-state index in [2.05, 4.69) is 27.5 Å². The van der Waals surface area contributed by atoms with E-state index in [4.69, 9.17) is 11.6 Å². The average molecular weight is 266 g/mol. The molecule has 0 spiro atoms. The summed E-state index contributed by atoms with van der Waals surface area (Å²) in [5.41, 5.74) is 2.00. The highest BCUT2D eigenvalue weighted by Gasteiger charge is 2.21. The minimum atomic E-state index is -0.0135. The molecule has 6 heteroatoms. The lowest BCUT2D eigenvalue weighted by Gasteiger charge is -2.19. The molecule has 96 valence electrons. The maximum atomic E-state index is 6.24. The summed E-state index contributed by atoms with van der Waals surface area (Å²) < 4.78 is 1.90. The Morgan fingerprint density at radius 1 is 1.33 bits per heavy atom. The van der Waals surface area contributed by atoms with E-state index >= 15 is 0 Å². The molecule has 2 rings (SSSR count). The highest BCUT2D eigenvalue weighted by molar-refractivity contribution is 6.31. The van der Waals surface area contributed by atoms with Crippen molar-refractivity contribution in [2.75, 3.05) is 6.54 Å². The lowest BCUT2D eigenvalue weighted by atomic mass is 10.1. The fourth-order valence-corrected chi connectivity index (χ4v) is 2.21. The molecule has 2 aromatic rings. The van der Waals surface area contributed by atoms with E-state index in [0.717, 1.165) is 24.3 Å². The molecule has 0 saturated heterocycles. The molecule has 0 saturated carbocycles. The highest BCUT2D eigenvalue weighted by atomic mass is 35.5. The summed E-state index contributed by atoms with van der Waals surface area (Å²) in [5.74, 6) is 0. The zero-order valence-corrected chi connectivity index (χ0v) is 11.2. The summed E-state index contributed by atoms with van der Waals surface area (Å²) in [6.07, 6.45) is 5.11. The van der Waals surface area contributed by atoms with Gasteiger partial charge in [-0.1, -0.05) is 18.5 Å². The summed E-state index contributed by atoms with van der Waals surface area (Å²) in [7, 11) is 0. The van der Waals surface area contributed by atoms with Gasteiger partial charge in [0.2, 0.25) is 0 Å². The summed E-state index contributed by atoms with van der Waals surface area (Å²) in [6, 6.07) is 1.92. The first-order valence-corrected chi connectivity index (χ1v) is 6.36. The van der Waals surface area contributed by atoms with Gasteiger partial charge < -0.3 is 5.32 Å². The standard InChI is InChI=1S/C12H16ClN5/c1-3-14-11(9-5-6-15-16-7-9)12-10(13)8-17-18(12)4-2/h5-8,11,14H,3-4H2,1-2H3. The van der Waals surface area contributed by atoms with E-state index in [1.807, 2.05) is 17.7 Å². The van der Waals surface area contributed by atoms with Gasteiger partial charge in [0.05, 0.1) is 29.2 Å². The predicted molar refractivity (Wildman–Crippen MR) is 70.5 cm³/mol. The molecule has 0 bridgehead atoms. The van der Waals surface area contributed by atoms with E-state index in [1.54, 1.807) is 18.6 Å². The molecule has 0 radical (unpaired) electrons. The van der Waals surface area contributed by atoms with Crippen molar-refractivity contribution in [2.45, 2.75) is 26.4 Å². The van der Waals surface area contributed by atoms with Crippen LogP contribution < -0.4 is 5.32 Å². The number of hydrogen-bond acceptors (Lipinski definition) is 4. The Labute approximate surface area is 111 Å². The zero-order chi connectivity index (χ0) is 13.0. The van der Waals surface area contributed by atoms with Gasteiger partial charge in [0.15, 0.2) is 0 Å². The van der Waals surface area contributed by atoms with Crippen LogP contribution in [-0.4, -0.2) is 26.5 Å². The summed E-state index contributed by atoms with van der Waals surface area (Å²) in [6.45, 7) is 5.71.